The van der Waals surface area contributed by atoms with Gasteiger partial charge in [0.25, 0.3) is 0 Å². The molecule has 0 saturated heterocycles. The Morgan fingerprint density at radius 2 is 0.982 bits per heavy atom. The second-order valence-electron chi connectivity index (χ2n) is 16.7. The monoisotopic (exact) mass is 709 g/mol. The summed E-state index contributed by atoms with van der Waals surface area (Å²) in [7, 11) is 0. The molecule has 0 amide bonds. The lowest BCUT2D eigenvalue weighted by atomic mass is 9.48. The van der Waals surface area contributed by atoms with Gasteiger partial charge in [0, 0.05) is 33.0 Å². The lowest BCUT2D eigenvalue weighted by Gasteiger charge is -2.57. The first kappa shape index (κ1) is 31.2. The van der Waals surface area contributed by atoms with Crippen LogP contribution in [0.15, 0.2) is 150 Å². The van der Waals surface area contributed by atoms with E-state index in [-0.39, 0.29) is 0 Å². The van der Waals surface area contributed by atoms with Crippen LogP contribution in [0, 0.1) is 17.8 Å². The van der Waals surface area contributed by atoms with Crippen LogP contribution in [0.4, 0.5) is 0 Å². The van der Waals surface area contributed by atoms with Gasteiger partial charge in [-0.2, -0.15) is 0 Å². The molecule has 0 radical (unpaired) electrons. The Kier molecular flexibility index (Phi) is 6.78. The van der Waals surface area contributed by atoms with Crippen LogP contribution in [0.2, 0.25) is 0 Å². The van der Waals surface area contributed by atoms with Crippen LogP contribution in [-0.2, 0) is 5.41 Å². The van der Waals surface area contributed by atoms with Crippen molar-refractivity contribution >= 4 is 43.5 Å². The predicted molar refractivity (Wildman–Crippen MR) is 224 cm³/mol. The summed E-state index contributed by atoms with van der Waals surface area (Å²) in [5, 5.41) is 6.75. The third-order valence-electron chi connectivity index (χ3n) is 13.3. The van der Waals surface area contributed by atoms with Crippen LogP contribution in [-0.4, -0.2) is 15.0 Å². The third kappa shape index (κ3) is 5.08. The van der Waals surface area contributed by atoms with Gasteiger partial charge in [-0.25, -0.2) is 15.0 Å². The standard InChI is InChI=1S/C51H39N3O/c1-3-9-37-26-39(17-15-34(37)7-1)48-52-49(40-18-16-35-8-2-4-10-38(35)27-40)54-50(53-48)44-13-6-14-45-46(44)43-12-5-11-42(47(43)55-45)36-19-21-41(22-20-36)51-28-31-23-32(29-51)25-33(24-31)30-51/h1-22,26-27,31-33H,23-25,28-30H2. The highest BCUT2D eigenvalue weighted by Gasteiger charge is 2.51. The number of aromatic nitrogens is 3. The van der Waals surface area contributed by atoms with Crippen LogP contribution in [0.5, 0.6) is 0 Å². The molecular formula is C51H39N3O. The SMILES string of the molecule is c1ccc2cc(-c3nc(-c4ccc5ccccc5c4)nc(-c4cccc5oc6c(-c7ccc(C89CC%10CC(CC(C%10)C8)C9)cc7)cccc6c45)n3)ccc2c1. The maximum Gasteiger partial charge on any atom is 0.164 e. The summed E-state index contributed by atoms with van der Waals surface area (Å²) in [4.78, 5) is 15.5. The minimum atomic E-state index is 0.384. The third-order valence-corrected chi connectivity index (χ3v) is 13.3. The van der Waals surface area contributed by atoms with Crippen molar-refractivity contribution in [1.29, 1.82) is 0 Å². The summed E-state index contributed by atoms with van der Waals surface area (Å²) >= 11 is 0. The molecule has 0 unspecified atom stereocenters. The average molecular weight is 710 g/mol. The molecule has 264 valence electrons. The number of hydrogen-bond acceptors (Lipinski definition) is 4. The maximum atomic E-state index is 6.79. The lowest BCUT2D eigenvalue weighted by Crippen LogP contribution is -2.48. The van der Waals surface area contributed by atoms with E-state index in [2.05, 4.69) is 146 Å². The minimum Gasteiger partial charge on any atom is -0.455 e. The summed E-state index contributed by atoms with van der Waals surface area (Å²) in [5.74, 6) is 4.70. The molecule has 9 aromatic rings. The fourth-order valence-corrected chi connectivity index (χ4v) is 11.1. The van der Waals surface area contributed by atoms with Gasteiger partial charge in [-0.3, -0.25) is 0 Å². The van der Waals surface area contributed by atoms with Gasteiger partial charge in [0.05, 0.1) is 0 Å². The number of nitrogens with zero attached hydrogens (tertiary/aromatic N) is 3. The van der Waals surface area contributed by atoms with Crippen molar-refractivity contribution in [2.45, 2.75) is 43.9 Å². The second kappa shape index (κ2) is 11.9. The zero-order chi connectivity index (χ0) is 36.1. The molecule has 0 atom stereocenters. The molecule has 4 bridgehead atoms. The van der Waals surface area contributed by atoms with Crippen molar-refractivity contribution in [3.05, 3.63) is 151 Å². The van der Waals surface area contributed by atoms with Crippen LogP contribution >= 0.6 is 0 Å². The maximum absolute atomic E-state index is 6.79. The molecule has 4 aliphatic rings. The molecule has 55 heavy (non-hydrogen) atoms. The van der Waals surface area contributed by atoms with Gasteiger partial charge in [-0.1, -0.05) is 127 Å². The van der Waals surface area contributed by atoms with Crippen LogP contribution in [0.25, 0.3) is 88.8 Å². The Labute approximate surface area is 319 Å². The molecule has 2 aromatic heterocycles. The van der Waals surface area contributed by atoms with E-state index < -0.39 is 0 Å². The number of benzene rings is 7. The fourth-order valence-electron chi connectivity index (χ4n) is 11.1. The largest absolute Gasteiger partial charge is 0.455 e. The summed E-state index contributed by atoms with van der Waals surface area (Å²) in [6.45, 7) is 0. The van der Waals surface area contributed by atoms with Gasteiger partial charge in [0.1, 0.15) is 11.2 Å². The Hall–Kier alpha value is -6.13. The van der Waals surface area contributed by atoms with Gasteiger partial charge in [-0.05, 0) is 113 Å². The first-order valence-corrected chi connectivity index (χ1v) is 19.9. The first-order valence-electron chi connectivity index (χ1n) is 19.9. The van der Waals surface area contributed by atoms with Crippen molar-refractivity contribution in [2.24, 2.45) is 17.8 Å². The fraction of sp³-hybridized carbons (Fsp3) is 0.196. The highest BCUT2D eigenvalue weighted by atomic mass is 16.3. The van der Waals surface area contributed by atoms with Crippen LogP contribution in [0.3, 0.4) is 0 Å². The Morgan fingerprint density at radius 1 is 0.455 bits per heavy atom. The molecule has 0 aliphatic heterocycles. The van der Waals surface area contributed by atoms with Gasteiger partial charge >= 0.3 is 0 Å². The molecule has 4 aliphatic carbocycles. The number of fused-ring (bicyclic) bond motifs is 5. The van der Waals surface area contributed by atoms with E-state index in [0.29, 0.717) is 22.9 Å². The molecule has 7 aromatic carbocycles. The van der Waals surface area contributed by atoms with Crippen molar-refractivity contribution in [3.63, 3.8) is 0 Å². The van der Waals surface area contributed by atoms with Crippen molar-refractivity contribution in [3.8, 4) is 45.3 Å². The van der Waals surface area contributed by atoms with Gasteiger partial charge in [0.2, 0.25) is 0 Å². The highest BCUT2D eigenvalue weighted by Crippen LogP contribution is 2.60. The van der Waals surface area contributed by atoms with Crippen molar-refractivity contribution in [2.75, 3.05) is 0 Å². The topological polar surface area (TPSA) is 51.8 Å². The quantitative estimate of drug-likeness (QED) is 0.178. The zero-order valence-electron chi connectivity index (χ0n) is 30.6. The average Bonchev–Trinajstić information content (AvgIpc) is 3.62. The van der Waals surface area contributed by atoms with Crippen LogP contribution < -0.4 is 0 Å². The highest BCUT2D eigenvalue weighted by molar-refractivity contribution is 6.15. The Bertz CT molecular complexity index is 2840. The minimum absolute atomic E-state index is 0.384. The Morgan fingerprint density at radius 3 is 1.60 bits per heavy atom. The smallest absolute Gasteiger partial charge is 0.164 e. The summed E-state index contributed by atoms with van der Waals surface area (Å²) in [6, 6.07) is 52.0. The zero-order valence-corrected chi connectivity index (χ0v) is 30.6. The van der Waals surface area contributed by atoms with Crippen molar-refractivity contribution < 1.29 is 4.42 Å². The molecule has 4 saturated carbocycles. The number of hydrogen-bond donors (Lipinski definition) is 0. The van der Waals surface area contributed by atoms with Crippen molar-refractivity contribution in [1.82, 2.24) is 15.0 Å². The van der Waals surface area contributed by atoms with Gasteiger partial charge < -0.3 is 4.42 Å². The summed E-state index contributed by atoms with van der Waals surface area (Å²) in [6.07, 6.45) is 8.53. The van der Waals surface area contributed by atoms with Crippen LogP contribution in [0.1, 0.15) is 44.1 Å². The number of para-hydroxylation sites is 1. The van der Waals surface area contributed by atoms with E-state index in [1.807, 2.05) is 0 Å². The van der Waals surface area contributed by atoms with Gasteiger partial charge in [-0.15, -0.1) is 0 Å². The lowest BCUT2D eigenvalue weighted by molar-refractivity contribution is -0.00518. The van der Waals surface area contributed by atoms with Gasteiger partial charge in [0.15, 0.2) is 17.5 Å². The van der Waals surface area contributed by atoms with E-state index >= 15 is 0 Å². The molecule has 13 rings (SSSR count). The van der Waals surface area contributed by atoms with E-state index in [1.54, 1.807) is 5.56 Å². The Balaban J connectivity index is 0.997. The summed E-state index contributed by atoms with van der Waals surface area (Å²) < 4.78 is 6.79. The molecule has 4 nitrogen and oxygen atoms in total. The second-order valence-corrected chi connectivity index (χ2v) is 16.7. The van der Waals surface area contributed by atoms with E-state index in [0.717, 1.165) is 72.7 Å². The van der Waals surface area contributed by atoms with E-state index in [4.69, 9.17) is 19.4 Å². The predicted octanol–water partition coefficient (Wildman–Crippen LogP) is 13.2. The molecule has 2 heterocycles. The summed E-state index contributed by atoms with van der Waals surface area (Å²) in [5.41, 5.74) is 8.79. The molecule has 0 N–H and O–H groups in total. The van der Waals surface area contributed by atoms with E-state index in [1.165, 1.54) is 54.9 Å². The molecule has 0 spiro atoms. The normalized spacial score (nSPS) is 21.6. The first-order chi connectivity index (χ1) is 27.1. The number of furan rings is 1. The molecular weight excluding hydrogens is 671 g/mol. The molecule has 4 fully saturated rings. The van der Waals surface area contributed by atoms with E-state index in [9.17, 15) is 0 Å². The molecule has 4 heteroatoms. The number of rotatable bonds is 5.